The van der Waals surface area contributed by atoms with Gasteiger partial charge in [-0.05, 0) is 37.4 Å². The van der Waals surface area contributed by atoms with Gasteiger partial charge in [0.05, 0.1) is 4.90 Å². The van der Waals surface area contributed by atoms with Crippen LogP contribution in [0.4, 0.5) is 10.5 Å². The largest absolute Gasteiger partial charge is 0.434 e. The summed E-state index contributed by atoms with van der Waals surface area (Å²) in [7, 11) is -4.03. The number of carbonyl (C=O) groups excluding carboxylic acids is 3. The Bertz CT molecular complexity index is 1180. The van der Waals surface area contributed by atoms with Crippen molar-refractivity contribution in [1.29, 1.82) is 0 Å². The van der Waals surface area contributed by atoms with Gasteiger partial charge in [0.25, 0.3) is 0 Å². The van der Waals surface area contributed by atoms with Crippen molar-refractivity contribution >= 4 is 33.5 Å². The van der Waals surface area contributed by atoms with Gasteiger partial charge in [-0.2, -0.15) is 0 Å². The fraction of sp³-hybridized carbons (Fsp3) is 0.320. The maximum absolute atomic E-state index is 13.8. The van der Waals surface area contributed by atoms with E-state index in [2.05, 4.69) is 4.90 Å². The third-order valence-corrected chi connectivity index (χ3v) is 7.26. The Hall–Kier alpha value is -3.70. The van der Waals surface area contributed by atoms with E-state index in [4.69, 9.17) is 9.57 Å². The summed E-state index contributed by atoms with van der Waals surface area (Å²) in [5.41, 5.74) is 0.499. The zero-order valence-corrected chi connectivity index (χ0v) is 21.0. The molecular formula is C25H29N3O7S. The molecule has 1 unspecified atom stereocenters. The molecular weight excluding hydrogens is 486 g/mol. The van der Waals surface area contributed by atoms with E-state index in [0.717, 1.165) is 25.2 Å². The lowest BCUT2D eigenvalue weighted by molar-refractivity contribution is -0.210. The maximum atomic E-state index is 13.8. The highest BCUT2D eigenvalue weighted by atomic mass is 32.2. The first-order chi connectivity index (χ1) is 17.2. The number of carbonyl (C=O) groups is 3. The summed E-state index contributed by atoms with van der Waals surface area (Å²) < 4.78 is 31.4. The normalized spacial score (nSPS) is 17.1. The second-order valence-corrected chi connectivity index (χ2v) is 9.89. The second-order valence-electron chi connectivity index (χ2n) is 7.85. The van der Waals surface area contributed by atoms with Crippen molar-refractivity contribution in [1.82, 2.24) is 9.96 Å². The Balaban J connectivity index is 1.98. The van der Waals surface area contributed by atoms with Gasteiger partial charge in [0.1, 0.15) is 5.75 Å². The van der Waals surface area contributed by atoms with Gasteiger partial charge in [0.2, 0.25) is 6.23 Å². The smallest absolute Gasteiger partial charge is 0.361 e. The van der Waals surface area contributed by atoms with Crippen molar-refractivity contribution in [3.63, 3.8) is 0 Å². The number of cyclic esters (lactones) is 1. The molecule has 0 aromatic heterocycles. The van der Waals surface area contributed by atoms with E-state index in [1.54, 1.807) is 48.5 Å². The first kappa shape index (κ1) is 26.9. The monoisotopic (exact) mass is 515 g/mol. The van der Waals surface area contributed by atoms with Crippen molar-refractivity contribution in [2.75, 3.05) is 36.8 Å². The molecule has 11 heteroatoms. The van der Waals surface area contributed by atoms with Crippen LogP contribution in [0.2, 0.25) is 0 Å². The Morgan fingerprint density at radius 3 is 2.08 bits per heavy atom. The van der Waals surface area contributed by atoms with Crippen molar-refractivity contribution in [3.8, 4) is 0 Å². The molecule has 0 bridgehead atoms. The minimum atomic E-state index is -4.03. The van der Waals surface area contributed by atoms with Gasteiger partial charge in [0.15, 0.2) is 9.84 Å². The van der Waals surface area contributed by atoms with Crippen LogP contribution in [-0.4, -0.2) is 74.5 Å². The van der Waals surface area contributed by atoms with Crippen LogP contribution >= 0.6 is 0 Å². The van der Waals surface area contributed by atoms with Crippen LogP contribution in [-0.2, 0) is 29.0 Å². The molecule has 1 aliphatic heterocycles. The van der Waals surface area contributed by atoms with E-state index in [9.17, 15) is 22.8 Å². The summed E-state index contributed by atoms with van der Waals surface area (Å²) in [6.07, 6.45) is -0.0849. The predicted molar refractivity (Wildman–Crippen MR) is 132 cm³/mol. The van der Waals surface area contributed by atoms with Gasteiger partial charge in [-0.15, -0.1) is 5.06 Å². The lowest BCUT2D eigenvalue weighted by Crippen LogP contribution is -2.54. The number of ether oxygens (including phenoxy) is 1. The van der Waals surface area contributed by atoms with E-state index in [1.807, 2.05) is 13.8 Å². The number of anilines is 1. The Kier molecular flexibility index (Phi) is 9.20. The Labute approximate surface area is 210 Å². The number of para-hydroxylation sites is 1. The van der Waals surface area contributed by atoms with Crippen LogP contribution in [0.1, 0.15) is 13.8 Å². The highest BCUT2D eigenvalue weighted by molar-refractivity contribution is 7.91. The number of likely N-dealkylation sites (N-methyl/N-ethyl adjacent to an activating group) is 1. The fourth-order valence-electron chi connectivity index (χ4n) is 3.56. The fourth-order valence-corrected chi connectivity index (χ4v) is 4.91. The number of hydroxylamine groups is 2. The molecule has 2 amide bonds. The molecule has 10 nitrogen and oxygen atoms in total. The SMILES string of the molecule is CCN(CC)CCN(C(=O)N1OC(=O)/C=C\C(=O)OC1CS(=O)(=O)c1ccccc1)c1ccccc1. The van der Waals surface area contributed by atoms with Crippen LogP contribution in [0.5, 0.6) is 0 Å². The third-order valence-electron chi connectivity index (χ3n) is 5.54. The average molecular weight is 516 g/mol. The number of esters is 1. The number of benzene rings is 2. The molecule has 3 rings (SSSR count). The molecule has 0 radical (unpaired) electrons. The molecule has 2 aromatic rings. The van der Waals surface area contributed by atoms with Gasteiger partial charge in [-0.3, -0.25) is 4.90 Å². The van der Waals surface area contributed by atoms with Crippen LogP contribution in [0.3, 0.4) is 0 Å². The molecule has 0 N–H and O–H groups in total. The predicted octanol–water partition coefficient (Wildman–Crippen LogP) is 2.63. The van der Waals surface area contributed by atoms with Crippen molar-refractivity contribution in [2.24, 2.45) is 0 Å². The standard InChI is InChI=1S/C25H29N3O7S/c1-3-26(4-2)17-18-27(20-11-7-5-8-12-20)25(31)28-22(34-23(29)15-16-24(30)35-28)19-36(32,33)21-13-9-6-10-14-21/h5-16,22H,3-4,17-19H2,1-2H3/b16-15-. The maximum Gasteiger partial charge on any atom is 0.361 e. The number of urea groups is 1. The van der Waals surface area contributed by atoms with E-state index in [0.29, 0.717) is 17.3 Å². The van der Waals surface area contributed by atoms with Crippen LogP contribution in [0.15, 0.2) is 77.7 Å². The molecule has 2 aromatic carbocycles. The summed E-state index contributed by atoms with van der Waals surface area (Å²) in [4.78, 5) is 47.0. The molecule has 0 saturated carbocycles. The molecule has 0 fully saturated rings. The molecule has 0 spiro atoms. The Morgan fingerprint density at radius 2 is 1.47 bits per heavy atom. The summed E-state index contributed by atoms with van der Waals surface area (Å²) in [5, 5.41) is 0.527. The zero-order chi connectivity index (χ0) is 26.1. The van der Waals surface area contributed by atoms with Crippen molar-refractivity contribution in [3.05, 3.63) is 72.8 Å². The van der Waals surface area contributed by atoms with Gasteiger partial charge >= 0.3 is 18.0 Å². The highest BCUT2D eigenvalue weighted by Crippen LogP contribution is 2.21. The van der Waals surface area contributed by atoms with Crippen LogP contribution < -0.4 is 4.90 Å². The van der Waals surface area contributed by atoms with Gasteiger partial charge < -0.3 is 14.5 Å². The highest BCUT2D eigenvalue weighted by Gasteiger charge is 2.38. The lowest BCUT2D eigenvalue weighted by Gasteiger charge is -2.34. The van der Waals surface area contributed by atoms with Crippen LogP contribution in [0.25, 0.3) is 0 Å². The lowest BCUT2D eigenvalue weighted by atomic mass is 10.3. The zero-order valence-electron chi connectivity index (χ0n) is 20.1. The quantitative estimate of drug-likeness (QED) is 0.469. The molecule has 1 aliphatic rings. The number of nitrogens with zero attached hydrogens (tertiary/aromatic N) is 3. The summed E-state index contributed by atoms with van der Waals surface area (Å²) in [5.74, 6) is -2.81. The molecule has 1 heterocycles. The van der Waals surface area contributed by atoms with E-state index in [1.165, 1.54) is 17.0 Å². The molecule has 192 valence electrons. The van der Waals surface area contributed by atoms with Gasteiger partial charge in [-0.25, -0.2) is 22.8 Å². The first-order valence-electron chi connectivity index (χ1n) is 11.5. The number of sulfone groups is 1. The molecule has 0 saturated heterocycles. The Morgan fingerprint density at radius 1 is 0.889 bits per heavy atom. The minimum Gasteiger partial charge on any atom is -0.434 e. The number of hydrogen-bond acceptors (Lipinski definition) is 8. The van der Waals surface area contributed by atoms with E-state index < -0.39 is 39.8 Å². The topological polar surface area (TPSA) is 114 Å². The first-order valence-corrected chi connectivity index (χ1v) is 13.2. The summed E-state index contributed by atoms with van der Waals surface area (Å²) >= 11 is 0. The molecule has 1 atom stereocenters. The van der Waals surface area contributed by atoms with E-state index >= 15 is 0 Å². The third kappa shape index (κ3) is 6.92. The van der Waals surface area contributed by atoms with E-state index in [-0.39, 0.29) is 11.4 Å². The molecule has 36 heavy (non-hydrogen) atoms. The van der Waals surface area contributed by atoms with Gasteiger partial charge in [-0.1, -0.05) is 50.2 Å². The summed E-state index contributed by atoms with van der Waals surface area (Å²) in [6.45, 7) is 6.21. The number of hydrogen-bond donors (Lipinski definition) is 0. The number of amides is 2. The summed E-state index contributed by atoms with van der Waals surface area (Å²) in [6, 6.07) is 15.4. The second kappa shape index (κ2) is 12.3. The number of rotatable bonds is 9. The molecule has 0 aliphatic carbocycles. The average Bonchev–Trinajstić information content (AvgIpc) is 2.88. The van der Waals surface area contributed by atoms with Crippen molar-refractivity contribution in [2.45, 2.75) is 25.0 Å². The van der Waals surface area contributed by atoms with Crippen molar-refractivity contribution < 1.29 is 32.4 Å². The van der Waals surface area contributed by atoms with Gasteiger partial charge in [0, 0.05) is 30.9 Å². The van der Waals surface area contributed by atoms with Crippen LogP contribution in [0, 0.1) is 0 Å². The minimum absolute atomic E-state index is 0.0289.